The predicted octanol–water partition coefficient (Wildman–Crippen LogP) is 0.615. The van der Waals surface area contributed by atoms with Gasteiger partial charge in [-0.2, -0.15) is 0 Å². The topological polar surface area (TPSA) is 35.6 Å². The lowest BCUT2D eigenvalue weighted by molar-refractivity contribution is -0.122. The van der Waals surface area contributed by atoms with Gasteiger partial charge in [0.15, 0.2) is 0 Å². The SMILES string of the molecule is C#CCNC(=O)CN1CCN(Cc2cccs2)CC1. The van der Waals surface area contributed by atoms with E-state index in [1.807, 2.05) is 0 Å². The van der Waals surface area contributed by atoms with Crippen molar-refractivity contribution >= 4 is 17.2 Å². The molecule has 1 aromatic heterocycles. The van der Waals surface area contributed by atoms with Crippen molar-refractivity contribution in [3.05, 3.63) is 22.4 Å². The molecule has 1 amide bonds. The number of piperazine rings is 1. The molecule has 1 fully saturated rings. The Morgan fingerprint density at radius 1 is 1.37 bits per heavy atom. The van der Waals surface area contributed by atoms with Gasteiger partial charge in [-0.25, -0.2) is 0 Å². The number of carbonyl (C=O) groups is 1. The van der Waals surface area contributed by atoms with Gasteiger partial charge < -0.3 is 5.32 Å². The van der Waals surface area contributed by atoms with Crippen molar-refractivity contribution in [3.8, 4) is 12.3 Å². The molecule has 19 heavy (non-hydrogen) atoms. The van der Waals surface area contributed by atoms with Gasteiger partial charge in [-0.3, -0.25) is 14.6 Å². The summed E-state index contributed by atoms with van der Waals surface area (Å²) in [5.41, 5.74) is 0. The first-order valence-electron chi connectivity index (χ1n) is 6.45. The first-order chi connectivity index (χ1) is 9.28. The second-order valence-electron chi connectivity index (χ2n) is 4.61. The van der Waals surface area contributed by atoms with E-state index in [1.165, 1.54) is 4.88 Å². The van der Waals surface area contributed by atoms with Crippen LogP contribution in [-0.4, -0.2) is 55.0 Å². The average molecular weight is 277 g/mol. The first kappa shape index (κ1) is 14.1. The highest BCUT2D eigenvalue weighted by Crippen LogP contribution is 2.13. The quantitative estimate of drug-likeness (QED) is 0.801. The molecule has 1 saturated heterocycles. The largest absolute Gasteiger partial charge is 0.344 e. The van der Waals surface area contributed by atoms with Crippen molar-refractivity contribution in [1.29, 1.82) is 0 Å². The van der Waals surface area contributed by atoms with E-state index >= 15 is 0 Å². The summed E-state index contributed by atoms with van der Waals surface area (Å²) < 4.78 is 0. The Hall–Kier alpha value is -1.35. The molecule has 1 aliphatic heterocycles. The molecule has 0 aliphatic carbocycles. The molecule has 0 radical (unpaired) electrons. The Labute approximate surface area is 118 Å². The second-order valence-corrected chi connectivity index (χ2v) is 5.64. The van der Waals surface area contributed by atoms with Crippen LogP contribution in [0.5, 0.6) is 0 Å². The minimum atomic E-state index is 0.0182. The van der Waals surface area contributed by atoms with Crippen LogP contribution in [0.25, 0.3) is 0 Å². The Morgan fingerprint density at radius 2 is 2.11 bits per heavy atom. The normalized spacial score (nSPS) is 17.0. The molecule has 0 aromatic carbocycles. The highest BCUT2D eigenvalue weighted by molar-refractivity contribution is 7.09. The van der Waals surface area contributed by atoms with Crippen LogP contribution in [-0.2, 0) is 11.3 Å². The van der Waals surface area contributed by atoms with Crippen LogP contribution in [0.3, 0.4) is 0 Å². The fourth-order valence-corrected chi connectivity index (χ4v) is 2.88. The van der Waals surface area contributed by atoms with Gasteiger partial charge in [-0.1, -0.05) is 12.0 Å². The summed E-state index contributed by atoms with van der Waals surface area (Å²) in [5.74, 6) is 2.43. The number of amides is 1. The molecule has 0 unspecified atom stereocenters. The molecule has 1 N–H and O–H groups in total. The zero-order valence-electron chi connectivity index (χ0n) is 11.0. The summed E-state index contributed by atoms with van der Waals surface area (Å²) in [6, 6.07) is 4.26. The Bertz CT molecular complexity index is 430. The molecule has 102 valence electrons. The number of nitrogens with one attached hydrogen (secondary N) is 1. The van der Waals surface area contributed by atoms with E-state index in [0.717, 1.165) is 32.7 Å². The number of terminal acetylenes is 1. The van der Waals surface area contributed by atoms with Gasteiger partial charge in [0.05, 0.1) is 13.1 Å². The third kappa shape index (κ3) is 4.67. The monoisotopic (exact) mass is 277 g/mol. The summed E-state index contributed by atoms with van der Waals surface area (Å²) >= 11 is 1.80. The Kier molecular flexibility index (Phi) is 5.40. The van der Waals surface area contributed by atoms with Crippen LogP contribution in [0.1, 0.15) is 4.88 Å². The Balaban J connectivity index is 1.68. The van der Waals surface area contributed by atoms with Gasteiger partial charge in [0.2, 0.25) is 5.91 Å². The third-order valence-electron chi connectivity index (χ3n) is 3.18. The molecule has 5 heteroatoms. The molecule has 4 nitrogen and oxygen atoms in total. The van der Waals surface area contributed by atoms with Crippen LogP contribution >= 0.6 is 11.3 Å². The van der Waals surface area contributed by atoms with Crippen LogP contribution in [0, 0.1) is 12.3 Å². The average Bonchev–Trinajstić information content (AvgIpc) is 2.91. The van der Waals surface area contributed by atoms with E-state index in [4.69, 9.17) is 6.42 Å². The summed E-state index contributed by atoms with van der Waals surface area (Å²) in [7, 11) is 0. The van der Waals surface area contributed by atoms with Crippen LogP contribution in [0.4, 0.5) is 0 Å². The zero-order valence-corrected chi connectivity index (χ0v) is 11.8. The van der Waals surface area contributed by atoms with Gasteiger partial charge in [0.1, 0.15) is 0 Å². The number of thiophene rings is 1. The van der Waals surface area contributed by atoms with Gasteiger partial charge in [0, 0.05) is 37.6 Å². The van der Waals surface area contributed by atoms with E-state index in [-0.39, 0.29) is 5.91 Å². The van der Waals surface area contributed by atoms with Crippen molar-refractivity contribution in [3.63, 3.8) is 0 Å². The summed E-state index contributed by atoms with van der Waals surface area (Å²) in [4.78, 5) is 17.6. The molecule has 0 atom stereocenters. The molecular weight excluding hydrogens is 258 g/mol. The minimum absolute atomic E-state index is 0.0182. The maximum Gasteiger partial charge on any atom is 0.234 e. The molecule has 2 heterocycles. The maximum absolute atomic E-state index is 11.5. The highest BCUT2D eigenvalue weighted by Gasteiger charge is 2.18. The van der Waals surface area contributed by atoms with Gasteiger partial charge in [0.25, 0.3) is 0 Å². The van der Waals surface area contributed by atoms with Crippen molar-refractivity contribution < 1.29 is 4.79 Å². The van der Waals surface area contributed by atoms with Crippen LogP contribution in [0.2, 0.25) is 0 Å². The summed E-state index contributed by atoms with van der Waals surface area (Å²) in [5, 5.41) is 4.81. The van der Waals surface area contributed by atoms with Crippen molar-refractivity contribution in [2.45, 2.75) is 6.54 Å². The standard InChI is InChI=1S/C14H19N3OS/c1-2-5-15-14(18)12-17-8-6-16(7-9-17)11-13-4-3-10-19-13/h1,3-4,10H,5-9,11-12H2,(H,15,18). The number of rotatable bonds is 5. The molecule has 0 spiro atoms. The molecule has 0 bridgehead atoms. The number of hydrogen-bond donors (Lipinski definition) is 1. The lowest BCUT2D eigenvalue weighted by atomic mass is 10.3. The van der Waals surface area contributed by atoms with Crippen LogP contribution < -0.4 is 5.32 Å². The fraction of sp³-hybridized carbons (Fsp3) is 0.500. The van der Waals surface area contributed by atoms with E-state index in [2.05, 4.69) is 38.5 Å². The predicted molar refractivity (Wildman–Crippen MR) is 77.9 cm³/mol. The fourth-order valence-electron chi connectivity index (χ4n) is 2.14. The smallest absolute Gasteiger partial charge is 0.234 e. The number of carbonyl (C=O) groups excluding carboxylic acids is 1. The molecule has 1 aromatic rings. The van der Waals surface area contributed by atoms with E-state index in [9.17, 15) is 4.79 Å². The lowest BCUT2D eigenvalue weighted by Crippen LogP contribution is -2.49. The van der Waals surface area contributed by atoms with Crippen LogP contribution in [0.15, 0.2) is 17.5 Å². The Morgan fingerprint density at radius 3 is 2.74 bits per heavy atom. The van der Waals surface area contributed by atoms with Gasteiger partial charge in [-0.15, -0.1) is 17.8 Å². The van der Waals surface area contributed by atoms with Crippen molar-refractivity contribution in [1.82, 2.24) is 15.1 Å². The van der Waals surface area contributed by atoms with Gasteiger partial charge >= 0.3 is 0 Å². The molecular formula is C14H19N3OS. The summed E-state index contributed by atoms with van der Waals surface area (Å²) in [6.07, 6.45) is 5.11. The lowest BCUT2D eigenvalue weighted by Gasteiger charge is -2.33. The highest BCUT2D eigenvalue weighted by atomic mass is 32.1. The van der Waals surface area contributed by atoms with E-state index < -0.39 is 0 Å². The van der Waals surface area contributed by atoms with Gasteiger partial charge in [-0.05, 0) is 11.4 Å². The van der Waals surface area contributed by atoms with E-state index in [1.54, 1.807) is 11.3 Å². The number of hydrogen-bond acceptors (Lipinski definition) is 4. The van der Waals surface area contributed by atoms with Crippen molar-refractivity contribution in [2.75, 3.05) is 39.3 Å². The molecule has 1 aliphatic rings. The molecule has 0 saturated carbocycles. The second kappa shape index (κ2) is 7.29. The minimum Gasteiger partial charge on any atom is -0.344 e. The van der Waals surface area contributed by atoms with E-state index in [0.29, 0.717) is 13.1 Å². The number of nitrogens with zero attached hydrogens (tertiary/aromatic N) is 2. The maximum atomic E-state index is 11.5. The third-order valence-corrected chi connectivity index (χ3v) is 4.04. The zero-order chi connectivity index (χ0) is 13.5. The van der Waals surface area contributed by atoms with Crippen molar-refractivity contribution in [2.24, 2.45) is 0 Å². The molecule has 2 rings (SSSR count). The first-order valence-corrected chi connectivity index (χ1v) is 7.33. The summed E-state index contributed by atoms with van der Waals surface area (Å²) in [6.45, 7) is 5.70.